The molecule has 104 valence electrons. The van der Waals surface area contributed by atoms with Gasteiger partial charge in [0.25, 0.3) is 0 Å². The molecule has 18 heavy (non-hydrogen) atoms. The molecule has 0 saturated carbocycles. The van der Waals surface area contributed by atoms with Gasteiger partial charge in [-0.2, -0.15) is 0 Å². The van der Waals surface area contributed by atoms with E-state index in [-0.39, 0.29) is 63.5 Å². The molecule has 0 bridgehead atoms. The van der Waals surface area contributed by atoms with Crippen molar-refractivity contribution in [2.24, 2.45) is 5.11 Å². The number of alkyl halides is 1. The Morgan fingerprint density at radius 1 is 1.00 bits per heavy atom. The number of halogens is 3. The van der Waals surface area contributed by atoms with E-state index in [1.54, 1.807) is 0 Å². The van der Waals surface area contributed by atoms with Crippen LogP contribution in [0.5, 0.6) is 0 Å². The molecule has 0 aliphatic heterocycles. The first-order valence-electron chi connectivity index (χ1n) is 4.80. The van der Waals surface area contributed by atoms with Crippen molar-refractivity contribution in [2.75, 3.05) is 11.9 Å². The Bertz CT molecular complexity index is 182. The molecule has 0 radical (unpaired) electrons. The third-order valence-electron chi connectivity index (χ3n) is 1.16. The van der Waals surface area contributed by atoms with Gasteiger partial charge < -0.3 is 45.0 Å². The second-order valence-corrected chi connectivity index (χ2v) is 3.23. The summed E-state index contributed by atoms with van der Waals surface area (Å²) in [5.41, 5.74) is 21.3. The summed E-state index contributed by atoms with van der Waals surface area (Å²) >= 11 is 3.31. The largest absolute Gasteiger partial charge is 1.00 e. The zero-order valence-corrected chi connectivity index (χ0v) is 17.8. The van der Waals surface area contributed by atoms with Crippen molar-refractivity contribution < 1.29 is 63.5 Å². The molecule has 0 aliphatic carbocycles. The molecule has 0 atom stereocenters. The van der Waals surface area contributed by atoms with Gasteiger partial charge in [0.2, 0.25) is 0 Å². The van der Waals surface area contributed by atoms with Crippen LogP contribution in [0.25, 0.3) is 26.4 Å². The van der Waals surface area contributed by atoms with Gasteiger partial charge in [-0.25, -0.2) is 0 Å². The average Bonchev–Trinajstić information content (AvgIpc) is 2.22. The predicted molar refractivity (Wildman–Crippen MR) is 67.7 cm³/mol. The minimum atomic E-state index is 0. The van der Waals surface area contributed by atoms with E-state index < -0.39 is 0 Å². The summed E-state index contributed by atoms with van der Waals surface area (Å²) in [5.74, 6) is 0. The zero-order chi connectivity index (χ0) is 12.4. The first-order valence-corrected chi connectivity index (χ1v) is 5.92. The first-order chi connectivity index (χ1) is 7.24. The second-order valence-electron chi connectivity index (χ2n) is 2.44. The molecular formula is C8H18Br3N6Na-2. The van der Waals surface area contributed by atoms with Crippen LogP contribution in [-0.4, -0.2) is 11.9 Å². The van der Waals surface area contributed by atoms with Crippen molar-refractivity contribution in [3.63, 3.8) is 0 Å². The van der Waals surface area contributed by atoms with E-state index in [0.29, 0.717) is 6.54 Å². The van der Waals surface area contributed by atoms with Crippen LogP contribution in [0, 0.1) is 0 Å². The molecule has 0 N–H and O–H groups in total. The molecule has 0 aromatic heterocycles. The monoisotopic (exact) mass is 458 g/mol. The van der Waals surface area contributed by atoms with Crippen LogP contribution in [0.4, 0.5) is 0 Å². The van der Waals surface area contributed by atoms with Gasteiger partial charge >= 0.3 is 29.6 Å². The summed E-state index contributed by atoms with van der Waals surface area (Å²) < 4.78 is 0. The quantitative estimate of drug-likeness (QED) is 0.100. The molecule has 0 unspecified atom stereocenters. The summed E-state index contributed by atoms with van der Waals surface area (Å²) in [6.45, 7) is 4.89. The van der Waals surface area contributed by atoms with Gasteiger partial charge in [-0.1, -0.05) is 47.7 Å². The van der Waals surface area contributed by atoms with Crippen LogP contribution in [-0.2, 0) is 0 Å². The summed E-state index contributed by atoms with van der Waals surface area (Å²) in [6, 6.07) is 0. The SMILES string of the molecule is CCCCBr.CCCCN=[N+]=[N-].[Br-].[Br-].[N-]=[N+]=[N-].[Na+]. The Labute approximate surface area is 161 Å². The maximum Gasteiger partial charge on any atom is 1.00 e. The zero-order valence-electron chi connectivity index (χ0n) is 11.1. The molecule has 10 heteroatoms. The first kappa shape index (κ1) is 36.4. The maximum absolute atomic E-state index is 7.75. The maximum atomic E-state index is 7.75. The average molecular weight is 461 g/mol. The molecule has 0 saturated heterocycles. The third-order valence-corrected chi connectivity index (χ3v) is 1.72. The molecule has 0 aromatic carbocycles. The number of hydrogen-bond acceptors (Lipinski definition) is 1. The van der Waals surface area contributed by atoms with Crippen LogP contribution in [0.15, 0.2) is 5.11 Å². The van der Waals surface area contributed by atoms with Crippen molar-refractivity contribution in [3.05, 3.63) is 26.4 Å². The molecule has 0 heterocycles. The standard InChI is InChI=1S/C4H9Br.C4H9N3.2BrH.N3.Na/c1-2-3-4-5;1-2-3-4-6-7-5;;;1-3-2;/h2-4H2,1H3;2-4H2,1H3;2*1H;;/q;;;;-1;+1/p-2. The van der Waals surface area contributed by atoms with Gasteiger partial charge in [-0.05, 0) is 18.4 Å². The van der Waals surface area contributed by atoms with Gasteiger partial charge in [-0.3, -0.25) is 4.91 Å². The molecular weight excluding hydrogens is 443 g/mol. The van der Waals surface area contributed by atoms with Gasteiger partial charge in [0.1, 0.15) is 0 Å². The summed E-state index contributed by atoms with van der Waals surface area (Å²) in [5, 5.41) is 4.50. The Kier molecular flexibility index (Phi) is 105. The minimum Gasteiger partial charge on any atom is -1.00 e. The van der Waals surface area contributed by atoms with E-state index in [1.165, 1.54) is 17.8 Å². The fourth-order valence-electron chi connectivity index (χ4n) is 0.407. The van der Waals surface area contributed by atoms with E-state index >= 15 is 0 Å². The van der Waals surface area contributed by atoms with Crippen molar-refractivity contribution in [2.45, 2.75) is 39.5 Å². The smallest absolute Gasteiger partial charge is 1.00 e. The van der Waals surface area contributed by atoms with Crippen LogP contribution >= 0.6 is 15.9 Å². The van der Waals surface area contributed by atoms with Gasteiger partial charge in [0.15, 0.2) is 0 Å². The summed E-state index contributed by atoms with van der Waals surface area (Å²) in [6.07, 6.45) is 4.70. The third kappa shape index (κ3) is 88.3. The Balaban J connectivity index is -0.0000000296. The molecule has 0 spiro atoms. The normalized spacial score (nSPS) is 5.72. The van der Waals surface area contributed by atoms with Gasteiger partial charge in [-0.15, -0.1) is 0 Å². The second kappa shape index (κ2) is 51.9. The van der Waals surface area contributed by atoms with Crippen LogP contribution in [0.3, 0.4) is 0 Å². The van der Waals surface area contributed by atoms with Crippen LogP contribution in [0.1, 0.15) is 39.5 Å². The van der Waals surface area contributed by atoms with Crippen molar-refractivity contribution in [1.82, 2.24) is 0 Å². The Morgan fingerprint density at radius 2 is 1.39 bits per heavy atom. The fraction of sp³-hybridized carbons (Fsp3) is 1.00. The van der Waals surface area contributed by atoms with Crippen molar-refractivity contribution >= 4 is 15.9 Å². The van der Waals surface area contributed by atoms with E-state index in [4.69, 9.17) is 16.6 Å². The van der Waals surface area contributed by atoms with Crippen LogP contribution in [0.2, 0.25) is 0 Å². The molecule has 0 aromatic rings. The number of hydrogen-bond donors (Lipinski definition) is 0. The van der Waals surface area contributed by atoms with Crippen molar-refractivity contribution in [3.8, 4) is 0 Å². The fourth-order valence-corrected chi connectivity index (χ4v) is 0.968. The molecule has 0 rings (SSSR count). The van der Waals surface area contributed by atoms with Gasteiger partial charge in [0.05, 0.1) is 0 Å². The topological polar surface area (TPSA) is 107 Å². The number of nitrogens with zero attached hydrogens (tertiary/aromatic N) is 6. The van der Waals surface area contributed by atoms with E-state index in [9.17, 15) is 0 Å². The Morgan fingerprint density at radius 3 is 1.56 bits per heavy atom. The number of unbranched alkanes of at least 4 members (excludes halogenated alkanes) is 2. The molecule has 6 nitrogen and oxygen atoms in total. The van der Waals surface area contributed by atoms with Gasteiger partial charge in [0, 0.05) is 16.8 Å². The van der Waals surface area contributed by atoms with E-state index in [2.05, 4.69) is 39.8 Å². The van der Waals surface area contributed by atoms with E-state index in [1.807, 2.05) is 0 Å². The summed E-state index contributed by atoms with van der Waals surface area (Å²) in [4.78, 5) is 4.10. The number of rotatable bonds is 5. The predicted octanol–water partition coefficient (Wildman–Crippen LogP) is -3.84. The van der Waals surface area contributed by atoms with E-state index in [0.717, 1.165) is 18.2 Å². The molecule has 0 fully saturated rings. The molecule has 0 amide bonds. The number of azide groups is 1. The van der Waals surface area contributed by atoms with Crippen LogP contribution < -0.4 is 63.5 Å². The molecule has 0 aliphatic rings. The summed E-state index contributed by atoms with van der Waals surface area (Å²) in [7, 11) is 0. The van der Waals surface area contributed by atoms with Crippen molar-refractivity contribution in [1.29, 1.82) is 0 Å². The Hall–Kier alpha value is 1.06. The minimum absolute atomic E-state index is 0.